The van der Waals surface area contributed by atoms with E-state index in [0.717, 1.165) is 29.5 Å². The first-order chi connectivity index (χ1) is 15.5. The van der Waals surface area contributed by atoms with Crippen molar-refractivity contribution in [1.29, 1.82) is 0 Å². The van der Waals surface area contributed by atoms with E-state index in [1.165, 1.54) is 24.2 Å². The number of hydrogen-bond donors (Lipinski definition) is 2. The molecule has 174 valence electrons. The van der Waals surface area contributed by atoms with Crippen molar-refractivity contribution in [2.75, 3.05) is 25.1 Å². The molecule has 2 N–H and O–H groups in total. The normalized spacial score (nSPS) is 11.7. The summed E-state index contributed by atoms with van der Waals surface area (Å²) in [5.74, 6) is -0.394. The number of nitrogens with zero attached hydrogens (tertiary/aromatic N) is 2. The molecule has 1 unspecified atom stereocenters. The molecule has 0 radical (unpaired) electrons. The van der Waals surface area contributed by atoms with Crippen molar-refractivity contribution < 1.29 is 19.4 Å². The lowest BCUT2D eigenvalue weighted by molar-refractivity contribution is -0.149. The third-order valence-electron chi connectivity index (χ3n) is 5.30. The van der Waals surface area contributed by atoms with Crippen LogP contribution >= 0.6 is 0 Å². The molecule has 0 fully saturated rings. The minimum Gasteiger partial charge on any atom is -0.479 e. The number of pyridine rings is 1. The molecular weight excluding hydrogens is 406 g/mol. The van der Waals surface area contributed by atoms with Crippen LogP contribution < -0.4 is 10.2 Å². The third-order valence-corrected chi connectivity index (χ3v) is 5.30. The Morgan fingerprint density at radius 2 is 1.78 bits per heavy atom. The molecule has 0 aliphatic rings. The van der Waals surface area contributed by atoms with E-state index in [4.69, 9.17) is 4.74 Å². The second kappa shape index (κ2) is 13.5. The minimum atomic E-state index is -0.961. The number of aliphatic carboxylic acids is 1. The number of rotatable bonds is 13. The Morgan fingerprint density at radius 1 is 1.06 bits per heavy atom. The van der Waals surface area contributed by atoms with E-state index < -0.39 is 12.1 Å². The number of benzene rings is 1. The first-order valence-electron chi connectivity index (χ1n) is 11.4. The van der Waals surface area contributed by atoms with Crippen LogP contribution in [0.1, 0.15) is 51.5 Å². The number of carbonyl (C=O) groups excluding carboxylic acids is 1. The molecule has 2 aromatic rings. The van der Waals surface area contributed by atoms with Crippen molar-refractivity contribution in [3.8, 4) is 11.1 Å². The molecule has 1 aromatic heterocycles. The maximum Gasteiger partial charge on any atom is 0.333 e. The van der Waals surface area contributed by atoms with Crippen LogP contribution in [-0.4, -0.2) is 48.4 Å². The summed E-state index contributed by atoms with van der Waals surface area (Å²) in [5, 5.41) is 12.2. The molecule has 1 heterocycles. The summed E-state index contributed by atoms with van der Waals surface area (Å²) < 4.78 is 5.29. The molecular formula is C25H35N3O4. The lowest BCUT2D eigenvalue weighted by Crippen LogP contribution is -2.38. The monoisotopic (exact) mass is 441 g/mol. The van der Waals surface area contributed by atoms with Crippen molar-refractivity contribution in [2.45, 2.75) is 58.5 Å². The number of hydrogen-bond acceptors (Lipinski definition) is 4. The van der Waals surface area contributed by atoms with Crippen LogP contribution in [0.15, 0.2) is 42.6 Å². The number of urea groups is 1. The van der Waals surface area contributed by atoms with Gasteiger partial charge in [-0.2, -0.15) is 0 Å². The zero-order valence-electron chi connectivity index (χ0n) is 19.3. The van der Waals surface area contributed by atoms with E-state index in [1.807, 2.05) is 36.4 Å². The molecule has 32 heavy (non-hydrogen) atoms. The highest BCUT2D eigenvalue weighted by molar-refractivity contribution is 5.91. The Labute approximate surface area is 190 Å². The lowest BCUT2D eigenvalue weighted by Gasteiger charge is -2.18. The van der Waals surface area contributed by atoms with Gasteiger partial charge < -0.3 is 15.2 Å². The van der Waals surface area contributed by atoms with E-state index in [0.29, 0.717) is 25.4 Å². The van der Waals surface area contributed by atoms with Gasteiger partial charge in [-0.05, 0) is 42.2 Å². The van der Waals surface area contributed by atoms with Crippen molar-refractivity contribution in [1.82, 2.24) is 10.3 Å². The number of ether oxygens (including phenoxy) is 1. The molecule has 0 aliphatic carbocycles. The van der Waals surface area contributed by atoms with Gasteiger partial charge in [0, 0.05) is 32.8 Å². The standard InChI is InChI=1S/C25H35N3O4/c1-4-6-7-8-9-15-27-25(31)28(3)23-18-21(14-16-26-23)20-12-10-19(11-13-20)17-22(24(29)30)32-5-2/h10-14,16,18,22H,4-9,15,17H2,1-3H3,(H,27,31)(H,29,30). The molecule has 0 saturated heterocycles. The molecule has 1 aromatic carbocycles. The average Bonchev–Trinajstić information content (AvgIpc) is 2.81. The molecule has 2 amide bonds. The molecule has 0 bridgehead atoms. The van der Waals surface area contributed by atoms with Gasteiger partial charge in [-0.1, -0.05) is 56.9 Å². The fourth-order valence-electron chi connectivity index (χ4n) is 3.39. The summed E-state index contributed by atoms with van der Waals surface area (Å²) in [6, 6.07) is 11.3. The van der Waals surface area contributed by atoms with Gasteiger partial charge in [0.15, 0.2) is 6.10 Å². The molecule has 0 aliphatic heterocycles. The molecule has 2 rings (SSSR count). The maximum absolute atomic E-state index is 12.5. The number of anilines is 1. The van der Waals surface area contributed by atoms with E-state index in [1.54, 1.807) is 20.2 Å². The van der Waals surface area contributed by atoms with Gasteiger partial charge in [-0.15, -0.1) is 0 Å². The van der Waals surface area contributed by atoms with Crippen LogP contribution in [-0.2, 0) is 16.0 Å². The fourth-order valence-corrected chi connectivity index (χ4v) is 3.39. The Balaban J connectivity index is 1.98. The summed E-state index contributed by atoms with van der Waals surface area (Å²) in [7, 11) is 1.71. The van der Waals surface area contributed by atoms with Gasteiger partial charge in [-0.3, -0.25) is 4.90 Å². The van der Waals surface area contributed by atoms with Crippen LogP contribution in [0.25, 0.3) is 11.1 Å². The van der Waals surface area contributed by atoms with Gasteiger partial charge in [0.1, 0.15) is 5.82 Å². The quantitative estimate of drug-likeness (QED) is 0.432. The molecule has 0 saturated carbocycles. The zero-order valence-corrected chi connectivity index (χ0v) is 19.3. The van der Waals surface area contributed by atoms with Crippen LogP contribution in [0, 0.1) is 0 Å². The lowest BCUT2D eigenvalue weighted by atomic mass is 10.0. The average molecular weight is 442 g/mol. The summed E-state index contributed by atoms with van der Waals surface area (Å²) in [6.07, 6.45) is 6.89. The highest BCUT2D eigenvalue weighted by Gasteiger charge is 2.18. The maximum atomic E-state index is 12.5. The predicted molar refractivity (Wildman–Crippen MR) is 127 cm³/mol. The first kappa shape index (κ1) is 25.3. The van der Waals surface area contributed by atoms with Crippen LogP contribution in [0.5, 0.6) is 0 Å². The second-order valence-corrected chi connectivity index (χ2v) is 7.79. The van der Waals surface area contributed by atoms with Crippen molar-refractivity contribution >= 4 is 17.8 Å². The summed E-state index contributed by atoms with van der Waals surface area (Å²) in [4.78, 5) is 29.6. The van der Waals surface area contributed by atoms with Crippen LogP contribution in [0.3, 0.4) is 0 Å². The van der Waals surface area contributed by atoms with E-state index >= 15 is 0 Å². The second-order valence-electron chi connectivity index (χ2n) is 7.79. The van der Waals surface area contributed by atoms with Gasteiger partial charge in [0.25, 0.3) is 0 Å². The van der Waals surface area contributed by atoms with E-state index in [-0.39, 0.29) is 6.03 Å². The number of nitrogens with one attached hydrogen (secondary N) is 1. The fraction of sp³-hybridized carbons (Fsp3) is 0.480. The van der Waals surface area contributed by atoms with Crippen molar-refractivity contribution in [3.05, 3.63) is 48.2 Å². The van der Waals surface area contributed by atoms with Crippen molar-refractivity contribution in [2.24, 2.45) is 0 Å². The summed E-state index contributed by atoms with van der Waals surface area (Å²) in [5.41, 5.74) is 2.78. The Morgan fingerprint density at radius 3 is 2.44 bits per heavy atom. The van der Waals surface area contributed by atoms with Crippen molar-refractivity contribution in [3.63, 3.8) is 0 Å². The molecule has 0 spiro atoms. The minimum absolute atomic E-state index is 0.170. The highest BCUT2D eigenvalue weighted by atomic mass is 16.5. The van der Waals surface area contributed by atoms with Crippen LogP contribution in [0.2, 0.25) is 0 Å². The number of amides is 2. The number of carboxylic acids is 1. The Bertz CT molecular complexity index is 855. The summed E-state index contributed by atoms with van der Waals surface area (Å²) in [6.45, 7) is 4.98. The number of carboxylic acid groups (broad SMARTS) is 1. The predicted octanol–water partition coefficient (Wildman–Crippen LogP) is 4.90. The first-order valence-corrected chi connectivity index (χ1v) is 11.4. The zero-order chi connectivity index (χ0) is 23.3. The SMILES string of the molecule is CCCCCCCNC(=O)N(C)c1cc(-c2ccc(CC(OCC)C(=O)O)cc2)ccn1. The Hall–Kier alpha value is -2.93. The van der Waals surface area contributed by atoms with Gasteiger partial charge in [0.2, 0.25) is 0 Å². The molecule has 7 nitrogen and oxygen atoms in total. The third kappa shape index (κ3) is 7.96. The van der Waals surface area contributed by atoms with Crippen LogP contribution in [0.4, 0.5) is 10.6 Å². The van der Waals surface area contributed by atoms with E-state index in [2.05, 4.69) is 17.2 Å². The largest absolute Gasteiger partial charge is 0.479 e. The molecule has 1 atom stereocenters. The smallest absolute Gasteiger partial charge is 0.333 e. The Kier molecular flexibility index (Phi) is 10.7. The molecule has 7 heteroatoms. The number of unbranched alkanes of at least 4 members (excludes halogenated alkanes) is 4. The summed E-state index contributed by atoms with van der Waals surface area (Å²) >= 11 is 0. The van der Waals surface area contributed by atoms with E-state index in [9.17, 15) is 14.7 Å². The number of carbonyl (C=O) groups is 2. The topological polar surface area (TPSA) is 91.8 Å². The highest BCUT2D eigenvalue weighted by Crippen LogP contribution is 2.23. The number of aromatic nitrogens is 1. The van der Waals surface area contributed by atoms with Gasteiger partial charge >= 0.3 is 12.0 Å². The van der Waals surface area contributed by atoms with Gasteiger partial charge in [0.05, 0.1) is 0 Å². The van der Waals surface area contributed by atoms with Gasteiger partial charge in [-0.25, -0.2) is 14.6 Å².